The fourth-order valence-corrected chi connectivity index (χ4v) is 7.03. The number of benzene rings is 2. The quantitative estimate of drug-likeness (QED) is 0.539. The Bertz CT molecular complexity index is 1100. The summed E-state index contributed by atoms with van der Waals surface area (Å²) in [5, 5.41) is 0. The standard InChI is InChI=1S/C26H20O6/c1-25-15(13-9-5-3-6-10-13)16(14-11-7-4-8-12-14)26(2,19-17(25)21(27)31-23(19)29)20-18(25)22(28)32-24(20)30/h3-12,17-20H,1-2H3/t17-,18+,19+,20-,25?,26?. The van der Waals surface area contributed by atoms with Crippen molar-refractivity contribution >= 4 is 35.0 Å². The Morgan fingerprint density at radius 2 is 0.812 bits per heavy atom. The molecule has 2 unspecified atom stereocenters. The number of hydrogen-bond donors (Lipinski definition) is 0. The zero-order chi connectivity index (χ0) is 22.4. The second-order valence-electron chi connectivity index (χ2n) is 9.44. The molecule has 7 rings (SSSR count). The first-order valence-corrected chi connectivity index (χ1v) is 10.7. The summed E-state index contributed by atoms with van der Waals surface area (Å²) >= 11 is 0. The highest BCUT2D eigenvalue weighted by Gasteiger charge is 2.80. The van der Waals surface area contributed by atoms with Crippen LogP contribution >= 0.6 is 0 Å². The average Bonchev–Trinajstić information content (AvgIpc) is 3.27. The zero-order valence-corrected chi connectivity index (χ0v) is 17.5. The van der Waals surface area contributed by atoms with E-state index in [4.69, 9.17) is 9.47 Å². The Labute approximate surface area is 184 Å². The van der Waals surface area contributed by atoms with Gasteiger partial charge in [0.15, 0.2) is 0 Å². The van der Waals surface area contributed by atoms with Gasteiger partial charge < -0.3 is 9.47 Å². The molecule has 6 heteroatoms. The molecule has 32 heavy (non-hydrogen) atoms. The molecule has 0 radical (unpaired) electrons. The maximum absolute atomic E-state index is 13.1. The fraction of sp³-hybridized carbons (Fsp3) is 0.308. The second-order valence-corrected chi connectivity index (χ2v) is 9.44. The number of esters is 4. The Morgan fingerprint density at radius 3 is 1.09 bits per heavy atom. The molecule has 2 heterocycles. The lowest BCUT2D eigenvalue weighted by Crippen LogP contribution is -2.64. The summed E-state index contributed by atoms with van der Waals surface area (Å²) in [6.07, 6.45) is 0. The van der Waals surface area contributed by atoms with Gasteiger partial charge in [-0.15, -0.1) is 0 Å². The molecule has 3 fully saturated rings. The minimum Gasteiger partial charge on any atom is -0.393 e. The second kappa shape index (κ2) is 6.03. The molecule has 1 saturated carbocycles. The van der Waals surface area contributed by atoms with Gasteiger partial charge in [-0.25, -0.2) is 0 Å². The van der Waals surface area contributed by atoms with Gasteiger partial charge >= 0.3 is 23.9 Å². The third kappa shape index (κ3) is 2.01. The van der Waals surface area contributed by atoms with E-state index in [-0.39, 0.29) is 0 Å². The number of rotatable bonds is 2. The molecule has 2 aromatic rings. The summed E-state index contributed by atoms with van der Waals surface area (Å²) in [5.74, 6) is -6.05. The van der Waals surface area contributed by atoms with E-state index in [9.17, 15) is 19.2 Å². The molecular weight excluding hydrogens is 408 g/mol. The fourth-order valence-electron chi connectivity index (χ4n) is 7.03. The van der Waals surface area contributed by atoms with E-state index in [1.54, 1.807) is 0 Å². The van der Waals surface area contributed by atoms with Gasteiger partial charge in [-0.2, -0.15) is 0 Å². The summed E-state index contributed by atoms with van der Waals surface area (Å²) in [6, 6.07) is 19.1. The first-order valence-electron chi connectivity index (χ1n) is 10.7. The molecule has 2 saturated heterocycles. The first kappa shape index (κ1) is 19.2. The van der Waals surface area contributed by atoms with Crippen molar-refractivity contribution in [3.63, 3.8) is 0 Å². The SMILES string of the molecule is CC12C(c3ccccc3)=C(c3ccccc3)C(C)([C@@H]3C(=O)OC(=O)[C@@H]31)[C@H]1C(=O)OC(=O)[C@H]12. The molecule has 3 aliphatic carbocycles. The van der Waals surface area contributed by atoms with Crippen molar-refractivity contribution in [3.8, 4) is 0 Å². The molecule has 2 aliphatic heterocycles. The van der Waals surface area contributed by atoms with Crippen LogP contribution in [0.5, 0.6) is 0 Å². The molecular formula is C26H20O6. The van der Waals surface area contributed by atoms with Gasteiger partial charge in [0.1, 0.15) is 0 Å². The summed E-state index contributed by atoms with van der Waals surface area (Å²) in [4.78, 5) is 52.2. The molecule has 2 aromatic carbocycles. The Hall–Kier alpha value is -3.54. The molecule has 0 aromatic heterocycles. The van der Waals surface area contributed by atoms with Crippen LogP contribution < -0.4 is 0 Å². The smallest absolute Gasteiger partial charge is 0.318 e. The monoisotopic (exact) mass is 428 g/mol. The largest absolute Gasteiger partial charge is 0.393 e. The third-order valence-corrected chi connectivity index (χ3v) is 8.12. The highest BCUT2D eigenvalue weighted by molar-refractivity contribution is 6.13. The lowest BCUT2D eigenvalue weighted by Gasteiger charge is -2.61. The highest BCUT2D eigenvalue weighted by atomic mass is 16.6. The van der Waals surface area contributed by atoms with Crippen molar-refractivity contribution < 1.29 is 28.7 Å². The van der Waals surface area contributed by atoms with Crippen molar-refractivity contribution in [2.24, 2.45) is 34.5 Å². The maximum Gasteiger partial charge on any atom is 0.318 e. The van der Waals surface area contributed by atoms with Crippen LogP contribution in [-0.4, -0.2) is 23.9 Å². The van der Waals surface area contributed by atoms with Crippen LogP contribution in [-0.2, 0) is 28.7 Å². The topological polar surface area (TPSA) is 86.7 Å². The molecule has 0 amide bonds. The van der Waals surface area contributed by atoms with Crippen molar-refractivity contribution in [1.82, 2.24) is 0 Å². The lowest BCUT2D eigenvalue weighted by molar-refractivity contribution is -0.154. The summed E-state index contributed by atoms with van der Waals surface area (Å²) in [7, 11) is 0. The molecule has 2 bridgehead atoms. The van der Waals surface area contributed by atoms with Crippen LogP contribution in [0.1, 0.15) is 25.0 Å². The average molecular weight is 428 g/mol. The number of allylic oxidation sites excluding steroid dienone is 2. The lowest BCUT2D eigenvalue weighted by atomic mass is 9.36. The van der Waals surface area contributed by atoms with E-state index in [0.29, 0.717) is 0 Å². The van der Waals surface area contributed by atoms with Gasteiger partial charge in [0.25, 0.3) is 0 Å². The van der Waals surface area contributed by atoms with E-state index in [2.05, 4.69) is 0 Å². The Balaban J connectivity index is 1.80. The zero-order valence-electron chi connectivity index (χ0n) is 17.5. The van der Waals surface area contributed by atoms with E-state index < -0.39 is 58.4 Å². The molecule has 160 valence electrons. The van der Waals surface area contributed by atoms with E-state index in [1.807, 2.05) is 74.5 Å². The van der Waals surface area contributed by atoms with Crippen LogP contribution in [0, 0.1) is 34.5 Å². The van der Waals surface area contributed by atoms with Crippen molar-refractivity contribution in [1.29, 1.82) is 0 Å². The predicted molar refractivity (Wildman–Crippen MR) is 112 cm³/mol. The van der Waals surface area contributed by atoms with Crippen LogP contribution in [0.4, 0.5) is 0 Å². The number of carbonyl (C=O) groups excluding carboxylic acids is 4. The van der Waals surface area contributed by atoms with Gasteiger partial charge in [0, 0.05) is 10.8 Å². The number of ether oxygens (including phenoxy) is 2. The van der Waals surface area contributed by atoms with Crippen LogP contribution in [0.25, 0.3) is 11.1 Å². The van der Waals surface area contributed by atoms with Crippen LogP contribution in [0.2, 0.25) is 0 Å². The molecule has 6 atom stereocenters. The number of cyclic esters (lactones) is 4. The van der Waals surface area contributed by atoms with Crippen molar-refractivity contribution in [2.75, 3.05) is 0 Å². The van der Waals surface area contributed by atoms with Gasteiger partial charge in [0.05, 0.1) is 23.7 Å². The first-order chi connectivity index (χ1) is 15.3. The van der Waals surface area contributed by atoms with Gasteiger partial charge in [-0.05, 0) is 22.3 Å². The summed E-state index contributed by atoms with van der Waals surface area (Å²) in [5.41, 5.74) is 0.992. The molecule has 0 spiro atoms. The van der Waals surface area contributed by atoms with E-state index in [1.165, 1.54) is 0 Å². The summed E-state index contributed by atoms with van der Waals surface area (Å²) < 4.78 is 10.3. The predicted octanol–water partition coefficient (Wildman–Crippen LogP) is 3.27. The molecule has 6 nitrogen and oxygen atoms in total. The van der Waals surface area contributed by atoms with Gasteiger partial charge in [0.2, 0.25) is 0 Å². The molecule has 5 aliphatic rings. The van der Waals surface area contributed by atoms with Crippen LogP contribution in [0.15, 0.2) is 60.7 Å². The van der Waals surface area contributed by atoms with Crippen molar-refractivity contribution in [3.05, 3.63) is 71.8 Å². The summed E-state index contributed by atoms with van der Waals surface area (Å²) in [6.45, 7) is 3.62. The van der Waals surface area contributed by atoms with Crippen molar-refractivity contribution in [2.45, 2.75) is 13.8 Å². The number of hydrogen-bond acceptors (Lipinski definition) is 6. The van der Waals surface area contributed by atoms with E-state index in [0.717, 1.165) is 22.3 Å². The normalized spacial score (nSPS) is 37.3. The third-order valence-electron chi connectivity index (χ3n) is 8.12. The highest BCUT2D eigenvalue weighted by Crippen LogP contribution is 2.76. The van der Waals surface area contributed by atoms with E-state index >= 15 is 0 Å². The van der Waals surface area contributed by atoms with Gasteiger partial charge in [-0.3, -0.25) is 19.2 Å². The Morgan fingerprint density at radius 1 is 0.531 bits per heavy atom. The van der Waals surface area contributed by atoms with Gasteiger partial charge in [-0.1, -0.05) is 74.5 Å². The molecule has 0 N–H and O–H groups in total. The minimum atomic E-state index is -1.15. The minimum absolute atomic E-state index is 0.639. The number of carbonyl (C=O) groups is 4. The van der Waals surface area contributed by atoms with Crippen LogP contribution in [0.3, 0.4) is 0 Å². The maximum atomic E-state index is 13.1. The Kier molecular flexibility index (Phi) is 3.61.